The van der Waals surface area contributed by atoms with Crippen LogP contribution in [-0.2, 0) is 22.6 Å². The summed E-state index contributed by atoms with van der Waals surface area (Å²) in [6, 6.07) is 22.2. The van der Waals surface area contributed by atoms with Gasteiger partial charge in [-0.1, -0.05) is 42.5 Å². The van der Waals surface area contributed by atoms with Crippen LogP contribution in [0.25, 0.3) is 17.0 Å². The van der Waals surface area contributed by atoms with Crippen molar-refractivity contribution >= 4 is 22.9 Å². The maximum absolute atomic E-state index is 13.5. The Balaban J connectivity index is 1.23. The van der Waals surface area contributed by atoms with Crippen LogP contribution < -0.4 is 4.74 Å². The first kappa shape index (κ1) is 21.4. The average Bonchev–Trinajstić information content (AvgIpc) is 3.22. The number of aromatic amines is 1. The van der Waals surface area contributed by atoms with Crippen LogP contribution >= 0.6 is 0 Å². The number of hydrogen-bond donors (Lipinski definition) is 1. The van der Waals surface area contributed by atoms with Gasteiger partial charge in [-0.05, 0) is 65.9 Å². The third-order valence-corrected chi connectivity index (χ3v) is 5.08. The third kappa shape index (κ3) is 5.85. The van der Waals surface area contributed by atoms with E-state index in [1.54, 1.807) is 12.1 Å². The van der Waals surface area contributed by atoms with Crippen molar-refractivity contribution < 1.29 is 18.7 Å². The molecule has 4 aromatic rings. The number of nitrogens with one attached hydrogen (secondary N) is 1. The van der Waals surface area contributed by atoms with Crippen molar-refractivity contribution in [2.45, 2.75) is 19.4 Å². The number of rotatable bonds is 9. The molecule has 0 saturated carbocycles. The Bertz CT molecular complexity index is 1210. The fourth-order valence-electron chi connectivity index (χ4n) is 3.45. The average molecular weight is 429 g/mol. The highest BCUT2D eigenvalue weighted by Crippen LogP contribution is 2.21. The Hall–Kier alpha value is -3.86. The largest absolute Gasteiger partial charge is 0.489 e. The van der Waals surface area contributed by atoms with Gasteiger partial charge in [0.2, 0.25) is 0 Å². The van der Waals surface area contributed by atoms with Gasteiger partial charge in [-0.3, -0.25) is 0 Å². The van der Waals surface area contributed by atoms with E-state index in [1.807, 2.05) is 60.8 Å². The van der Waals surface area contributed by atoms with Gasteiger partial charge in [0.15, 0.2) is 0 Å². The van der Waals surface area contributed by atoms with Crippen LogP contribution in [0.4, 0.5) is 4.39 Å². The van der Waals surface area contributed by atoms with Gasteiger partial charge in [-0.2, -0.15) is 0 Å². The summed E-state index contributed by atoms with van der Waals surface area (Å²) in [6.07, 6.45) is 6.35. The summed E-state index contributed by atoms with van der Waals surface area (Å²) in [5.41, 5.74) is 3.86. The van der Waals surface area contributed by atoms with E-state index in [0.29, 0.717) is 26.1 Å². The molecule has 0 fully saturated rings. The molecule has 0 unspecified atom stereocenters. The highest BCUT2D eigenvalue weighted by atomic mass is 19.1. The monoisotopic (exact) mass is 429 g/mol. The summed E-state index contributed by atoms with van der Waals surface area (Å²) in [7, 11) is 0. The molecule has 0 aliphatic heterocycles. The van der Waals surface area contributed by atoms with Crippen molar-refractivity contribution in [3.63, 3.8) is 0 Å². The summed E-state index contributed by atoms with van der Waals surface area (Å²) in [5, 5.41) is 0.866. The molecule has 32 heavy (non-hydrogen) atoms. The predicted molar refractivity (Wildman–Crippen MR) is 124 cm³/mol. The Morgan fingerprint density at radius 1 is 1.00 bits per heavy atom. The molecule has 0 saturated heterocycles. The molecule has 1 heterocycles. The minimum absolute atomic E-state index is 0.260. The van der Waals surface area contributed by atoms with Crippen LogP contribution in [0.1, 0.15) is 23.1 Å². The van der Waals surface area contributed by atoms with Crippen molar-refractivity contribution in [1.82, 2.24) is 4.98 Å². The molecule has 5 heteroatoms. The number of aromatic nitrogens is 1. The van der Waals surface area contributed by atoms with E-state index in [-0.39, 0.29) is 5.82 Å². The van der Waals surface area contributed by atoms with Crippen molar-refractivity contribution in [1.29, 1.82) is 0 Å². The first-order valence-corrected chi connectivity index (χ1v) is 10.5. The lowest BCUT2D eigenvalue weighted by atomic mass is 10.1. The smallest absolute Gasteiger partial charge is 0.330 e. The SMILES string of the molecule is O=C(/C=C/c1cccc(OCc2ccccc2)c1)OCCCc1c[nH]c2ccc(F)cc12. The number of hydrogen-bond acceptors (Lipinski definition) is 3. The number of ether oxygens (including phenoxy) is 2. The Kier molecular flexibility index (Phi) is 6.98. The lowest BCUT2D eigenvalue weighted by Gasteiger charge is -2.07. The van der Waals surface area contributed by atoms with Gasteiger partial charge >= 0.3 is 5.97 Å². The number of carbonyl (C=O) groups is 1. The van der Waals surface area contributed by atoms with Gasteiger partial charge < -0.3 is 14.5 Å². The summed E-state index contributed by atoms with van der Waals surface area (Å²) in [6.45, 7) is 0.782. The fourth-order valence-corrected chi connectivity index (χ4v) is 3.45. The first-order valence-electron chi connectivity index (χ1n) is 10.5. The van der Waals surface area contributed by atoms with E-state index in [2.05, 4.69) is 4.98 Å². The lowest BCUT2D eigenvalue weighted by Crippen LogP contribution is -2.03. The number of carbonyl (C=O) groups excluding carboxylic acids is 1. The maximum Gasteiger partial charge on any atom is 0.330 e. The van der Waals surface area contributed by atoms with Crippen LogP contribution in [0.3, 0.4) is 0 Å². The topological polar surface area (TPSA) is 51.3 Å². The second kappa shape index (κ2) is 10.4. The number of aryl methyl sites for hydroxylation is 1. The molecule has 0 aliphatic rings. The van der Waals surface area contributed by atoms with E-state index in [1.165, 1.54) is 18.2 Å². The molecule has 0 radical (unpaired) electrons. The van der Waals surface area contributed by atoms with Crippen LogP contribution in [0.2, 0.25) is 0 Å². The van der Waals surface area contributed by atoms with Crippen LogP contribution in [0.5, 0.6) is 5.75 Å². The van der Waals surface area contributed by atoms with E-state index < -0.39 is 5.97 Å². The highest BCUT2D eigenvalue weighted by Gasteiger charge is 2.05. The summed E-state index contributed by atoms with van der Waals surface area (Å²) < 4.78 is 24.6. The van der Waals surface area contributed by atoms with E-state index in [0.717, 1.165) is 33.3 Å². The third-order valence-electron chi connectivity index (χ3n) is 5.08. The zero-order chi connectivity index (χ0) is 22.2. The number of esters is 1. The molecule has 0 amide bonds. The summed E-state index contributed by atoms with van der Waals surface area (Å²) in [5.74, 6) is 0.0783. The van der Waals surface area contributed by atoms with Gasteiger partial charge in [0.05, 0.1) is 6.61 Å². The molecule has 3 aromatic carbocycles. The molecule has 0 bridgehead atoms. The van der Waals surface area contributed by atoms with E-state index in [9.17, 15) is 9.18 Å². The van der Waals surface area contributed by atoms with Crippen molar-refractivity contribution in [2.24, 2.45) is 0 Å². The minimum Gasteiger partial charge on any atom is -0.489 e. The molecular formula is C27H24FNO3. The second-order valence-corrected chi connectivity index (χ2v) is 7.45. The van der Waals surface area contributed by atoms with Gasteiger partial charge in [-0.15, -0.1) is 0 Å². The number of H-pyrrole nitrogens is 1. The number of benzene rings is 3. The van der Waals surface area contributed by atoms with Gasteiger partial charge in [0, 0.05) is 23.2 Å². The Morgan fingerprint density at radius 3 is 2.75 bits per heavy atom. The zero-order valence-electron chi connectivity index (χ0n) is 17.6. The quantitative estimate of drug-likeness (QED) is 0.199. The highest BCUT2D eigenvalue weighted by molar-refractivity contribution is 5.87. The van der Waals surface area contributed by atoms with Crippen molar-refractivity contribution in [3.05, 3.63) is 108 Å². The molecule has 0 spiro atoms. The molecule has 4 rings (SSSR count). The van der Waals surface area contributed by atoms with Crippen LogP contribution in [0, 0.1) is 5.82 Å². The number of fused-ring (bicyclic) bond motifs is 1. The molecule has 0 aliphatic carbocycles. The molecule has 1 aromatic heterocycles. The minimum atomic E-state index is -0.398. The summed E-state index contributed by atoms with van der Waals surface area (Å²) >= 11 is 0. The van der Waals surface area contributed by atoms with Crippen LogP contribution in [0.15, 0.2) is 85.1 Å². The zero-order valence-corrected chi connectivity index (χ0v) is 17.6. The van der Waals surface area contributed by atoms with Gasteiger partial charge in [0.1, 0.15) is 18.2 Å². The fraction of sp³-hybridized carbons (Fsp3) is 0.148. The van der Waals surface area contributed by atoms with E-state index >= 15 is 0 Å². The van der Waals surface area contributed by atoms with Gasteiger partial charge in [0.25, 0.3) is 0 Å². The first-order chi connectivity index (χ1) is 15.7. The summed E-state index contributed by atoms with van der Waals surface area (Å²) in [4.78, 5) is 15.2. The lowest BCUT2D eigenvalue weighted by molar-refractivity contribution is -0.137. The molecular weight excluding hydrogens is 405 g/mol. The maximum atomic E-state index is 13.5. The Labute approximate surface area is 186 Å². The molecule has 1 N–H and O–H groups in total. The standard InChI is InChI=1S/C27H24FNO3/c28-23-12-13-26-25(17-23)22(18-29-26)9-5-15-31-27(30)14-11-20-8-4-10-24(16-20)32-19-21-6-2-1-3-7-21/h1-4,6-8,10-14,16-18,29H,5,9,15,19H2/b14-11+. The van der Waals surface area contributed by atoms with E-state index in [4.69, 9.17) is 9.47 Å². The van der Waals surface area contributed by atoms with Crippen LogP contribution in [-0.4, -0.2) is 17.6 Å². The predicted octanol–water partition coefficient (Wildman–Crippen LogP) is 6.08. The molecule has 162 valence electrons. The molecule has 0 atom stereocenters. The number of halogens is 1. The second-order valence-electron chi connectivity index (χ2n) is 7.45. The van der Waals surface area contributed by atoms with Gasteiger partial charge in [-0.25, -0.2) is 9.18 Å². The van der Waals surface area contributed by atoms with Crippen molar-refractivity contribution in [2.75, 3.05) is 6.61 Å². The normalized spacial score (nSPS) is 11.2. The molecule has 4 nitrogen and oxygen atoms in total. The Morgan fingerprint density at radius 2 is 1.88 bits per heavy atom. The van der Waals surface area contributed by atoms with Crippen molar-refractivity contribution in [3.8, 4) is 5.75 Å².